The molecule has 0 aliphatic rings. The van der Waals surface area contributed by atoms with Gasteiger partial charge in [0.05, 0.1) is 6.61 Å². The Kier molecular flexibility index (Phi) is 5.27. The van der Waals surface area contributed by atoms with Crippen molar-refractivity contribution >= 4 is 11.6 Å². The molecule has 0 saturated heterocycles. The average molecular weight is 293 g/mol. The van der Waals surface area contributed by atoms with Gasteiger partial charge in [0.25, 0.3) is 0 Å². The van der Waals surface area contributed by atoms with Crippen LogP contribution in [0.25, 0.3) is 0 Å². The number of hydrogen-bond donors (Lipinski definition) is 1. The number of hydrogen-bond acceptors (Lipinski definition) is 3. The van der Waals surface area contributed by atoms with Gasteiger partial charge in [0.2, 0.25) is 0 Å². The maximum atomic E-state index is 10.1. The maximum absolute atomic E-state index is 10.1. The Labute approximate surface area is 123 Å². The second-order valence-electron chi connectivity index (χ2n) is 4.28. The van der Waals surface area contributed by atoms with Crippen molar-refractivity contribution in [3.63, 3.8) is 0 Å². The lowest BCUT2D eigenvalue weighted by Crippen LogP contribution is -2.09. The predicted molar refractivity (Wildman–Crippen MR) is 79.5 cm³/mol. The average Bonchev–Trinajstić information content (AvgIpc) is 2.47. The minimum atomic E-state index is -0.679. The van der Waals surface area contributed by atoms with Gasteiger partial charge in [-0.25, -0.2) is 0 Å². The summed E-state index contributed by atoms with van der Waals surface area (Å²) in [7, 11) is 0. The quantitative estimate of drug-likeness (QED) is 0.879. The summed E-state index contributed by atoms with van der Waals surface area (Å²) >= 11 is 5.79. The molecule has 1 N–H and O–H groups in total. The van der Waals surface area contributed by atoms with Crippen molar-refractivity contribution in [2.45, 2.75) is 13.0 Å². The molecule has 4 heteroatoms. The lowest BCUT2D eigenvalue weighted by Gasteiger charge is -2.13. The SMILES string of the molecule is CCOc1ccc(C(O)COc2ccc(Cl)cc2)cc1. The smallest absolute Gasteiger partial charge is 0.119 e. The second kappa shape index (κ2) is 7.17. The first kappa shape index (κ1) is 14.7. The van der Waals surface area contributed by atoms with Crippen molar-refractivity contribution in [1.29, 1.82) is 0 Å². The van der Waals surface area contributed by atoms with E-state index in [1.54, 1.807) is 24.3 Å². The molecule has 0 aliphatic carbocycles. The van der Waals surface area contributed by atoms with Gasteiger partial charge in [0, 0.05) is 5.02 Å². The van der Waals surface area contributed by atoms with Gasteiger partial charge in [-0.15, -0.1) is 0 Å². The van der Waals surface area contributed by atoms with Gasteiger partial charge < -0.3 is 14.6 Å². The molecule has 0 heterocycles. The molecule has 0 fully saturated rings. The van der Waals surface area contributed by atoms with Crippen LogP contribution in [0.1, 0.15) is 18.6 Å². The molecule has 0 aliphatic heterocycles. The third-order valence-corrected chi connectivity index (χ3v) is 3.05. The topological polar surface area (TPSA) is 38.7 Å². The first-order valence-electron chi connectivity index (χ1n) is 6.48. The summed E-state index contributed by atoms with van der Waals surface area (Å²) in [5.74, 6) is 1.47. The Bertz CT molecular complexity index is 522. The molecule has 0 bridgehead atoms. The van der Waals surface area contributed by atoms with Gasteiger partial charge in [-0.2, -0.15) is 0 Å². The monoisotopic (exact) mass is 292 g/mol. The molecule has 106 valence electrons. The molecule has 2 aromatic carbocycles. The Morgan fingerprint density at radius 3 is 2.10 bits per heavy atom. The number of benzene rings is 2. The highest BCUT2D eigenvalue weighted by atomic mass is 35.5. The van der Waals surface area contributed by atoms with Crippen LogP contribution in [0.15, 0.2) is 48.5 Å². The van der Waals surface area contributed by atoms with E-state index in [0.717, 1.165) is 11.3 Å². The van der Waals surface area contributed by atoms with Crippen LogP contribution >= 0.6 is 11.6 Å². The van der Waals surface area contributed by atoms with Gasteiger partial charge in [-0.1, -0.05) is 23.7 Å². The van der Waals surface area contributed by atoms with Crippen LogP contribution in [0.2, 0.25) is 5.02 Å². The summed E-state index contributed by atoms with van der Waals surface area (Å²) in [6, 6.07) is 14.4. The van der Waals surface area contributed by atoms with E-state index in [4.69, 9.17) is 21.1 Å². The molecular weight excluding hydrogens is 276 g/mol. The van der Waals surface area contributed by atoms with Crippen LogP contribution < -0.4 is 9.47 Å². The van der Waals surface area contributed by atoms with Crippen LogP contribution in [0.5, 0.6) is 11.5 Å². The highest BCUT2D eigenvalue weighted by Crippen LogP contribution is 2.20. The van der Waals surface area contributed by atoms with E-state index >= 15 is 0 Å². The molecule has 0 aromatic heterocycles. The van der Waals surface area contributed by atoms with Crippen molar-refractivity contribution in [3.05, 3.63) is 59.1 Å². The Morgan fingerprint density at radius 1 is 0.950 bits per heavy atom. The molecule has 0 spiro atoms. The van der Waals surface area contributed by atoms with Crippen molar-refractivity contribution in [3.8, 4) is 11.5 Å². The third-order valence-electron chi connectivity index (χ3n) is 2.80. The zero-order valence-corrected chi connectivity index (χ0v) is 12.0. The van der Waals surface area contributed by atoms with E-state index in [9.17, 15) is 5.11 Å². The second-order valence-corrected chi connectivity index (χ2v) is 4.72. The van der Waals surface area contributed by atoms with E-state index in [-0.39, 0.29) is 6.61 Å². The van der Waals surface area contributed by atoms with E-state index in [0.29, 0.717) is 17.4 Å². The summed E-state index contributed by atoms with van der Waals surface area (Å²) in [4.78, 5) is 0. The van der Waals surface area contributed by atoms with Gasteiger partial charge in [0.1, 0.15) is 24.2 Å². The molecule has 3 nitrogen and oxygen atoms in total. The Morgan fingerprint density at radius 2 is 1.50 bits per heavy atom. The zero-order valence-electron chi connectivity index (χ0n) is 11.3. The van der Waals surface area contributed by atoms with E-state index < -0.39 is 6.10 Å². The van der Waals surface area contributed by atoms with Crippen molar-refractivity contribution < 1.29 is 14.6 Å². The lowest BCUT2D eigenvalue weighted by atomic mass is 10.1. The van der Waals surface area contributed by atoms with Crippen molar-refractivity contribution in [2.75, 3.05) is 13.2 Å². The van der Waals surface area contributed by atoms with Crippen molar-refractivity contribution in [1.82, 2.24) is 0 Å². The highest BCUT2D eigenvalue weighted by molar-refractivity contribution is 6.30. The lowest BCUT2D eigenvalue weighted by molar-refractivity contribution is 0.108. The minimum Gasteiger partial charge on any atom is -0.494 e. The number of aliphatic hydroxyl groups excluding tert-OH is 1. The summed E-state index contributed by atoms with van der Waals surface area (Å²) in [5.41, 5.74) is 0.794. The summed E-state index contributed by atoms with van der Waals surface area (Å²) < 4.78 is 10.9. The fourth-order valence-electron chi connectivity index (χ4n) is 1.76. The van der Waals surface area contributed by atoms with Crippen LogP contribution in [0, 0.1) is 0 Å². The molecule has 0 radical (unpaired) electrons. The maximum Gasteiger partial charge on any atom is 0.119 e. The fraction of sp³-hybridized carbons (Fsp3) is 0.250. The fourth-order valence-corrected chi connectivity index (χ4v) is 1.88. The minimum absolute atomic E-state index is 0.190. The Balaban J connectivity index is 1.90. The van der Waals surface area contributed by atoms with E-state index in [1.165, 1.54) is 0 Å². The van der Waals surface area contributed by atoms with Crippen molar-refractivity contribution in [2.24, 2.45) is 0 Å². The molecule has 0 amide bonds. The van der Waals surface area contributed by atoms with E-state index in [1.807, 2.05) is 31.2 Å². The largest absolute Gasteiger partial charge is 0.494 e. The molecule has 1 atom stereocenters. The van der Waals surface area contributed by atoms with Gasteiger partial charge in [0.15, 0.2) is 0 Å². The first-order chi connectivity index (χ1) is 9.69. The van der Waals surface area contributed by atoms with Crippen LogP contribution in [0.3, 0.4) is 0 Å². The number of halogens is 1. The molecule has 2 rings (SSSR count). The molecule has 1 unspecified atom stereocenters. The number of aliphatic hydroxyl groups is 1. The van der Waals surface area contributed by atoms with Gasteiger partial charge in [-0.05, 0) is 48.9 Å². The molecular formula is C16H17ClO3. The third kappa shape index (κ3) is 4.15. The number of rotatable bonds is 6. The summed E-state index contributed by atoms with van der Waals surface area (Å²) in [6.07, 6.45) is -0.679. The number of ether oxygens (including phenoxy) is 2. The molecule has 20 heavy (non-hydrogen) atoms. The Hall–Kier alpha value is -1.71. The standard InChI is InChI=1S/C16H17ClO3/c1-2-19-14-7-3-12(4-8-14)16(18)11-20-15-9-5-13(17)6-10-15/h3-10,16,18H,2,11H2,1H3. The van der Waals surface area contributed by atoms with Crippen LogP contribution in [0.4, 0.5) is 0 Å². The normalized spacial score (nSPS) is 11.9. The van der Waals surface area contributed by atoms with Gasteiger partial charge in [-0.3, -0.25) is 0 Å². The van der Waals surface area contributed by atoms with Crippen LogP contribution in [-0.4, -0.2) is 18.3 Å². The summed E-state index contributed by atoms with van der Waals surface area (Å²) in [5, 5.41) is 10.7. The predicted octanol–water partition coefficient (Wildman–Crippen LogP) is 3.85. The van der Waals surface area contributed by atoms with Crippen LogP contribution in [-0.2, 0) is 0 Å². The molecule has 2 aromatic rings. The summed E-state index contributed by atoms with van der Waals surface area (Å²) in [6.45, 7) is 2.75. The van der Waals surface area contributed by atoms with Gasteiger partial charge >= 0.3 is 0 Å². The highest BCUT2D eigenvalue weighted by Gasteiger charge is 2.08. The zero-order chi connectivity index (χ0) is 14.4. The molecule has 0 saturated carbocycles. The van der Waals surface area contributed by atoms with E-state index in [2.05, 4.69) is 0 Å². The first-order valence-corrected chi connectivity index (χ1v) is 6.86.